The molecule has 0 aromatic carbocycles. The van der Waals surface area contributed by atoms with E-state index in [0.717, 1.165) is 11.3 Å². The highest BCUT2D eigenvalue weighted by atomic mass is 16.1. The van der Waals surface area contributed by atoms with E-state index in [0.29, 0.717) is 6.42 Å². The zero-order valence-electron chi connectivity index (χ0n) is 6.50. The van der Waals surface area contributed by atoms with Crippen LogP contribution in [0.5, 0.6) is 0 Å². The lowest BCUT2D eigenvalue weighted by atomic mass is 10.2. The number of aromatic nitrogens is 1. The van der Waals surface area contributed by atoms with Gasteiger partial charge in [0.2, 0.25) is 0 Å². The molecular formula is C9H10NO. The zero-order valence-corrected chi connectivity index (χ0v) is 6.50. The van der Waals surface area contributed by atoms with Crippen molar-refractivity contribution < 1.29 is 4.79 Å². The summed E-state index contributed by atoms with van der Waals surface area (Å²) in [5.74, 6) is 0.134. The monoisotopic (exact) mass is 148 g/mol. The highest BCUT2D eigenvalue weighted by Gasteiger charge is 1.96. The number of Topliss-reactive ketones (excluding diaryl/α,β-unsaturated/α-hetero) is 1. The molecule has 0 bridgehead atoms. The summed E-state index contributed by atoms with van der Waals surface area (Å²) in [5.41, 5.74) is 1.68. The Morgan fingerprint density at radius 3 is 2.82 bits per heavy atom. The molecule has 0 unspecified atom stereocenters. The summed E-state index contributed by atoms with van der Waals surface area (Å²) in [4.78, 5) is 14.7. The number of nitrogens with zero attached hydrogens (tertiary/aromatic N) is 1. The summed E-state index contributed by atoms with van der Waals surface area (Å²) < 4.78 is 0. The van der Waals surface area contributed by atoms with Gasteiger partial charge < -0.3 is 0 Å². The third-order valence-corrected chi connectivity index (χ3v) is 1.32. The Balaban J connectivity index is 2.74. The van der Waals surface area contributed by atoms with Gasteiger partial charge in [-0.25, -0.2) is 0 Å². The highest BCUT2D eigenvalue weighted by Crippen LogP contribution is 1.99. The summed E-state index contributed by atoms with van der Waals surface area (Å²) in [5, 5.41) is 0. The molecule has 1 radical (unpaired) electrons. The Labute approximate surface area is 66.3 Å². The molecule has 0 atom stereocenters. The van der Waals surface area contributed by atoms with Crippen molar-refractivity contribution in [3.63, 3.8) is 0 Å². The zero-order chi connectivity index (χ0) is 8.27. The minimum absolute atomic E-state index is 0.134. The summed E-state index contributed by atoms with van der Waals surface area (Å²) in [7, 11) is 0. The number of pyridine rings is 1. The summed E-state index contributed by atoms with van der Waals surface area (Å²) in [6, 6.07) is 3.68. The van der Waals surface area contributed by atoms with Crippen LogP contribution < -0.4 is 0 Å². The lowest BCUT2D eigenvalue weighted by Crippen LogP contribution is -1.98. The van der Waals surface area contributed by atoms with Gasteiger partial charge >= 0.3 is 0 Å². The number of carbonyl (C=O) groups excluding carboxylic acids is 1. The van der Waals surface area contributed by atoms with Crippen LogP contribution in [-0.4, -0.2) is 10.8 Å². The van der Waals surface area contributed by atoms with Gasteiger partial charge in [0, 0.05) is 18.3 Å². The molecule has 57 valence electrons. The summed E-state index contributed by atoms with van der Waals surface area (Å²) in [6.07, 6.45) is 2.08. The summed E-state index contributed by atoms with van der Waals surface area (Å²) in [6.45, 7) is 5.25. The van der Waals surface area contributed by atoms with Gasteiger partial charge in [0.25, 0.3) is 0 Å². The average molecular weight is 148 g/mol. The minimum atomic E-state index is 0.134. The first-order valence-electron chi connectivity index (χ1n) is 3.45. The predicted octanol–water partition coefficient (Wildman–Crippen LogP) is 1.40. The standard InChI is InChI=1S/C9H10NO/c1-7-3-4-9(10-6-7)5-8(2)11/h3-4,6H,1,5H2,2H3. The third-order valence-electron chi connectivity index (χ3n) is 1.32. The molecule has 0 aliphatic heterocycles. The smallest absolute Gasteiger partial charge is 0.135 e. The molecule has 0 fully saturated rings. The van der Waals surface area contributed by atoms with Gasteiger partial charge in [0.05, 0.1) is 0 Å². The van der Waals surface area contributed by atoms with E-state index in [9.17, 15) is 4.79 Å². The van der Waals surface area contributed by atoms with Gasteiger partial charge in [0.1, 0.15) is 5.78 Å². The molecular weight excluding hydrogens is 138 g/mol. The third kappa shape index (κ3) is 2.50. The van der Waals surface area contributed by atoms with Crippen molar-refractivity contribution in [2.45, 2.75) is 13.3 Å². The van der Waals surface area contributed by atoms with Gasteiger partial charge in [-0.15, -0.1) is 0 Å². The van der Waals surface area contributed by atoms with E-state index in [1.165, 1.54) is 0 Å². The van der Waals surface area contributed by atoms with Crippen LogP contribution in [0.1, 0.15) is 18.2 Å². The van der Waals surface area contributed by atoms with Gasteiger partial charge in [-0.3, -0.25) is 9.78 Å². The van der Waals surface area contributed by atoms with Gasteiger partial charge in [0.15, 0.2) is 0 Å². The SMILES string of the molecule is [CH2]c1ccc(CC(C)=O)nc1. The first kappa shape index (κ1) is 7.92. The fourth-order valence-corrected chi connectivity index (χ4v) is 0.815. The van der Waals surface area contributed by atoms with Crippen LogP contribution in [0, 0.1) is 6.92 Å². The van der Waals surface area contributed by atoms with Crippen molar-refractivity contribution in [2.75, 3.05) is 0 Å². The Kier molecular flexibility index (Phi) is 2.36. The summed E-state index contributed by atoms with van der Waals surface area (Å²) >= 11 is 0. The molecule has 0 saturated heterocycles. The van der Waals surface area contributed by atoms with E-state index in [2.05, 4.69) is 11.9 Å². The van der Waals surface area contributed by atoms with Crippen LogP contribution in [0.3, 0.4) is 0 Å². The first-order chi connectivity index (χ1) is 5.18. The van der Waals surface area contributed by atoms with E-state index in [1.54, 1.807) is 13.1 Å². The van der Waals surface area contributed by atoms with Gasteiger partial charge in [-0.05, 0) is 25.5 Å². The second-order valence-corrected chi connectivity index (χ2v) is 2.54. The van der Waals surface area contributed by atoms with Crippen molar-refractivity contribution >= 4 is 5.78 Å². The Hall–Kier alpha value is -1.18. The van der Waals surface area contributed by atoms with Crippen molar-refractivity contribution in [2.24, 2.45) is 0 Å². The van der Waals surface area contributed by atoms with E-state index in [4.69, 9.17) is 0 Å². The quantitative estimate of drug-likeness (QED) is 0.634. The molecule has 1 rings (SSSR count). The molecule has 2 nitrogen and oxygen atoms in total. The van der Waals surface area contributed by atoms with Crippen LogP contribution in [0.4, 0.5) is 0 Å². The molecule has 1 aromatic rings. The fraction of sp³-hybridized carbons (Fsp3) is 0.222. The molecule has 11 heavy (non-hydrogen) atoms. The highest BCUT2D eigenvalue weighted by molar-refractivity contribution is 5.77. The van der Waals surface area contributed by atoms with Crippen LogP contribution in [0.15, 0.2) is 18.3 Å². The number of ketones is 1. The molecule has 0 aliphatic rings. The van der Waals surface area contributed by atoms with Crippen LogP contribution >= 0.6 is 0 Å². The van der Waals surface area contributed by atoms with Crippen LogP contribution in [-0.2, 0) is 11.2 Å². The molecule has 0 aliphatic carbocycles. The largest absolute Gasteiger partial charge is 0.300 e. The molecule has 0 spiro atoms. The number of hydrogen-bond acceptors (Lipinski definition) is 2. The van der Waals surface area contributed by atoms with Crippen molar-refractivity contribution in [1.82, 2.24) is 4.98 Å². The molecule has 2 heteroatoms. The topological polar surface area (TPSA) is 30.0 Å². The molecule has 1 heterocycles. The van der Waals surface area contributed by atoms with E-state index in [-0.39, 0.29) is 5.78 Å². The number of carbonyl (C=O) groups is 1. The number of hydrogen-bond donors (Lipinski definition) is 0. The normalized spacial score (nSPS) is 9.64. The van der Waals surface area contributed by atoms with E-state index < -0.39 is 0 Å². The van der Waals surface area contributed by atoms with Crippen molar-refractivity contribution in [1.29, 1.82) is 0 Å². The van der Waals surface area contributed by atoms with E-state index in [1.807, 2.05) is 12.1 Å². The lowest BCUT2D eigenvalue weighted by molar-refractivity contribution is -0.116. The van der Waals surface area contributed by atoms with E-state index >= 15 is 0 Å². The molecule has 0 N–H and O–H groups in total. The van der Waals surface area contributed by atoms with Gasteiger partial charge in [-0.2, -0.15) is 0 Å². The lowest BCUT2D eigenvalue weighted by Gasteiger charge is -1.95. The van der Waals surface area contributed by atoms with Crippen LogP contribution in [0.2, 0.25) is 0 Å². The Morgan fingerprint density at radius 2 is 2.36 bits per heavy atom. The van der Waals surface area contributed by atoms with Crippen molar-refractivity contribution in [3.05, 3.63) is 36.5 Å². The molecule has 0 amide bonds. The van der Waals surface area contributed by atoms with Crippen molar-refractivity contribution in [3.8, 4) is 0 Å². The van der Waals surface area contributed by atoms with Crippen LogP contribution in [0.25, 0.3) is 0 Å². The first-order valence-corrected chi connectivity index (χ1v) is 3.45. The second kappa shape index (κ2) is 3.28. The minimum Gasteiger partial charge on any atom is -0.300 e. The fourth-order valence-electron chi connectivity index (χ4n) is 0.815. The predicted molar refractivity (Wildman–Crippen MR) is 43.1 cm³/mol. The number of rotatable bonds is 2. The maximum absolute atomic E-state index is 10.6. The Morgan fingerprint density at radius 1 is 1.64 bits per heavy atom. The second-order valence-electron chi connectivity index (χ2n) is 2.54. The average Bonchev–Trinajstić information content (AvgIpc) is 1.93. The maximum Gasteiger partial charge on any atom is 0.135 e. The van der Waals surface area contributed by atoms with Gasteiger partial charge in [-0.1, -0.05) is 6.07 Å². The molecule has 0 saturated carbocycles. The maximum atomic E-state index is 10.6. The molecule has 1 aromatic heterocycles. The Bertz CT molecular complexity index is 251.